The largest absolute Gasteiger partial charge is 0.494 e. The Balaban J connectivity index is 2.09. The van der Waals surface area contributed by atoms with Gasteiger partial charge in [-0.1, -0.05) is 25.8 Å². The minimum absolute atomic E-state index is 0.521. The number of hydrogen-bond acceptors (Lipinski definition) is 2. The summed E-state index contributed by atoms with van der Waals surface area (Å²) in [6.07, 6.45) is 5.97. The van der Waals surface area contributed by atoms with Gasteiger partial charge in [0.15, 0.2) is 0 Å². The zero-order valence-electron chi connectivity index (χ0n) is 12.8. The van der Waals surface area contributed by atoms with Gasteiger partial charge in [-0.25, -0.2) is 4.98 Å². The number of aryl methyl sites for hydroxylation is 1. The molecule has 1 saturated carbocycles. The first kappa shape index (κ1) is 14.7. The molecule has 1 fully saturated rings. The summed E-state index contributed by atoms with van der Waals surface area (Å²) >= 11 is 5.99. The maximum Gasteiger partial charge on any atom is 0.146 e. The lowest BCUT2D eigenvalue weighted by Gasteiger charge is -2.20. The van der Waals surface area contributed by atoms with Gasteiger partial charge in [0.25, 0.3) is 0 Å². The molecule has 1 aromatic heterocycles. The van der Waals surface area contributed by atoms with E-state index in [1.807, 2.05) is 12.1 Å². The molecular weight excluding hydrogens is 284 g/mol. The summed E-state index contributed by atoms with van der Waals surface area (Å²) in [7, 11) is 1.70. The van der Waals surface area contributed by atoms with Crippen molar-refractivity contribution in [1.82, 2.24) is 9.55 Å². The van der Waals surface area contributed by atoms with Crippen molar-refractivity contribution >= 4 is 22.6 Å². The Kier molecular flexibility index (Phi) is 4.39. The van der Waals surface area contributed by atoms with Crippen molar-refractivity contribution in [3.63, 3.8) is 0 Å². The molecule has 0 spiro atoms. The van der Waals surface area contributed by atoms with Gasteiger partial charge in [0.05, 0.1) is 12.6 Å². The first-order valence-electron chi connectivity index (χ1n) is 7.88. The predicted octanol–water partition coefficient (Wildman–Crippen LogP) is 4.58. The number of benzene rings is 1. The number of alkyl halides is 1. The van der Waals surface area contributed by atoms with Crippen molar-refractivity contribution in [2.45, 2.75) is 45.1 Å². The normalized spacial score (nSPS) is 16.3. The van der Waals surface area contributed by atoms with Crippen LogP contribution in [0, 0.1) is 5.92 Å². The summed E-state index contributed by atoms with van der Waals surface area (Å²) in [5.74, 6) is 3.45. The lowest BCUT2D eigenvalue weighted by molar-refractivity contribution is 0.418. The molecule has 0 bridgehead atoms. The van der Waals surface area contributed by atoms with Gasteiger partial charge in [-0.2, -0.15) is 0 Å². The molecule has 114 valence electrons. The average Bonchev–Trinajstić information content (AvgIpc) is 3.25. The highest BCUT2D eigenvalue weighted by Crippen LogP contribution is 2.40. The van der Waals surface area contributed by atoms with Crippen LogP contribution in [-0.2, 0) is 6.42 Å². The summed E-state index contributed by atoms with van der Waals surface area (Å²) in [5.41, 5.74) is 2.15. The van der Waals surface area contributed by atoms with Crippen molar-refractivity contribution in [1.29, 1.82) is 0 Å². The SMILES string of the molecule is CCC(CC1CC1)n1c(CCCl)nc2c(OC)cccc21. The van der Waals surface area contributed by atoms with Crippen LogP contribution >= 0.6 is 11.6 Å². The minimum Gasteiger partial charge on any atom is -0.494 e. The van der Waals surface area contributed by atoms with Gasteiger partial charge >= 0.3 is 0 Å². The van der Waals surface area contributed by atoms with Gasteiger partial charge in [0, 0.05) is 18.3 Å². The highest BCUT2D eigenvalue weighted by atomic mass is 35.5. The predicted molar refractivity (Wildman–Crippen MR) is 87.4 cm³/mol. The van der Waals surface area contributed by atoms with Crippen LogP contribution in [0.5, 0.6) is 5.75 Å². The molecule has 3 nitrogen and oxygen atoms in total. The van der Waals surface area contributed by atoms with Crippen LogP contribution in [0.4, 0.5) is 0 Å². The molecule has 0 radical (unpaired) electrons. The van der Waals surface area contributed by atoms with E-state index in [0.717, 1.165) is 35.9 Å². The van der Waals surface area contributed by atoms with Crippen molar-refractivity contribution < 1.29 is 4.74 Å². The second kappa shape index (κ2) is 6.27. The Labute approximate surface area is 131 Å². The molecule has 2 aromatic rings. The second-order valence-electron chi connectivity index (χ2n) is 5.91. The molecule has 3 rings (SSSR count). The van der Waals surface area contributed by atoms with Crippen LogP contribution in [0.1, 0.15) is 44.5 Å². The number of imidazole rings is 1. The molecule has 1 aromatic carbocycles. The molecule has 21 heavy (non-hydrogen) atoms. The number of halogens is 1. The first-order chi connectivity index (χ1) is 10.3. The zero-order chi connectivity index (χ0) is 14.8. The molecule has 0 amide bonds. The Morgan fingerprint density at radius 3 is 2.86 bits per heavy atom. The summed E-state index contributed by atoms with van der Waals surface area (Å²) in [4.78, 5) is 4.82. The van der Waals surface area contributed by atoms with E-state index in [1.165, 1.54) is 24.8 Å². The van der Waals surface area contributed by atoms with Gasteiger partial charge < -0.3 is 9.30 Å². The van der Waals surface area contributed by atoms with Crippen LogP contribution in [0.3, 0.4) is 0 Å². The van der Waals surface area contributed by atoms with Crippen LogP contribution in [0.25, 0.3) is 11.0 Å². The minimum atomic E-state index is 0.521. The van der Waals surface area contributed by atoms with Gasteiger partial charge in [0.2, 0.25) is 0 Å². The van der Waals surface area contributed by atoms with E-state index in [4.69, 9.17) is 21.3 Å². The highest BCUT2D eigenvalue weighted by molar-refractivity contribution is 6.17. The monoisotopic (exact) mass is 306 g/mol. The van der Waals surface area contributed by atoms with Crippen molar-refractivity contribution in [2.24, 2.45) is 5.92 Å². The third-order valence-corrected chi connectivity index (χ3v) is 4.62. The van der Waals surface area contributed by atoms with Crippen molar-refractivity contribution in [3.05, 3.63) is 24.0 Å². The molecule has 1 aliphatic rings. The third kappa shape index (κ3) is 2.89. The Hall–Kier alpha value is -1.22. The third-order valence-electron chi connectivity index (χ3n) is 4.43. The van der Waals surface area contributed by atoms with Crippen molar-refractivity contribution in [3.8, 4) is 5.75 Å². The molecule has 0 aliphatic heterocycles. The van der Waals surface area contributed by atoms with Crippen LogP contribution in [-0.4, -0.2) is 22.5 Å². The van der Waals surface area contributed by atoms with Gasteiger partial charge in [-0.3, -0.25) is 0 Å². The summed E-state index contributed by atoms with van der Waals surface area (Å²) in [5, 5.41) is 0. The molecule has 0 N–H and O–H groups in total. The van der Waals surface area contributed by atoms with Gasteiger partial charge in [-0.15, -0.1) is 11.6 Å². The zero-order valence-corrected chi connectivity index (χ0v) is 13.6. The first-order valence-corrected chi connectivity index (χ1v) is 8.41. The van der Waals surface area contributed by atoms with Gasteiger partial charge in [-0.05, 0) is 30.9 Å². The molecule has 1 heterocycles. The van der Waals surface area contributed by atoms with E-state index in [-0.39, 0.29) is 0 Å². The molecule has 4 heteroatoms. The smallest absolute Gasteiger partial charge is 0.146 e. The molecule has 0 saturated heterocycles. The van der Waals surface area contributed by atoms with Crippen LogP contribution in [0.2, 0.25) is 0 Å². The van der Waals surface area contributed by atoms with E-state index in [0.29, 0.717) is 11.9 Å². The van der Waals surface area contributed by atoms with Crippen LogP contribution < -0.4 is 4.74 Å². The van der Waals surface area contributed by atoms with Gasteiger partial charge in [0.1, 0.15) is 17.1 Å². The average molecular weight is 307 g/mol. The Morgan fingerprint density at radius 1 is 1.43 bits per heavy atom. The fourth-order valence-corrected chi connectivity index (χ4v) is 3.33. The topological polar surface area (TPSA) is 27.1 Å². The maximum atomic E-state index is 5.99. The number of nitrogens with zero attached hydrogens (tertiary/aromatic N) is 2. The number of rotatable bonds is 7. The van der Waals surface area contributed by atoms with E-state index in [1.54, 1.807) is 7.11 Å². The lowest BCUT2D eigenvalue weighted by Crippen LogP contribution is -2.13. The summed E-state index contributed by atoms with van der Waals surface area (Å²) in [6.45, 7) is 2.27. The number of ether oxygens (including phenoxy) is 1. The molecule has 1 aliphatic carbocycles. The number of para-hydroxylation sites is 1. The van der Waals surface area contributed by atoms with E-state index in [9.17, 15) is 0 Å². The molecule has 1 unspecified atom stereocenters. The lowest BCUT2D eigenvalue weighted by atomic mass is 10.1. The highest BCUT2D eigenvalue weighted by Gasteiger charge is 2.28. The second-order valence-corrected chi connectivity index (χ2v) is 6.28. The van der Waals surface area contributed by atoms with Crippen LogP contribution in [0.15, 0.2) is 18.2 Å². The number of aromatic nitrogens is 2. The van der Waals surface area contributed by atoms with Crippen molar-refractivity contribution in [2.75, 3.05) is 13.0 Å². The van der Waals surface area contributed by atoms with E-state index < -0.39 is 0 Å². The standard InChI is InChI=1S/C17H23ClN2O/c1-3-13(11-12-7-8-12)20-14-5-4-6-15(21-2)17(14)19-16(20)9-10-18/h4-6,12-13H,3,7-11H2,1-2H3. The maximum absolute atomic E-state index is 5.99. The summed E-state index contributed by atoms with van der Waals surface area (Å²) < 4.78 is 7.89. The number of methoxy groups -OCH3 is 1. The van der Waals surface area contributed by atoms with E-state index in [2.05, 4.69) is 17.6 Å². The molecule has 1 atom stereocenters. The Morgan fingerprint density at radius 2 is 2.24 bits per heavy atom. The number of hydrogen-bond donors (Lipinski definition) is 0. The quantitative estimate of drug-likeness (QED) is 0.700. The fraction of sp³-hybridized carbons (Fsp3) is 0.588. The fourth-order valence-electron chi connectivity index (χ4n) is 3.17. The molecular formula is C17H23ClN2O. The van der Waals surface area contributed by atoms with E-state index >= 15 is 0 Å². The number of fused-ring (bicyclic) bond motifs is 1. The Bertz CT molecular complexity index is 619. The summed E-state index contributed by atoms with van der Waals surface area (Å²) in [6, 6.07) is 6.70.